The zero-order valence-electron chi connectivity index (χ0n) is 16.4. The van der Waals surface area contributed by atoms with Crippen LogP contribution in [0.25, 0.3) is 0 Å². The van der Waals surface area contributed by atoms with Crippen molar-refractivity contribution < 1.29 is 25.3 Å². The highest BCUT2D eigenvalue weighted by Gasteiger charge is 2.65. The van der Waals surface area contributed by atoms with Crippen LogP contribution in [0.5, 0.6) is 5.75 Å². The van der Waals surface area contributed by atoms with Crippen LogP contribution < -0.4 is 10.1 Å². The van der Waals surface area contributed by atoms with E-state index in [4.69, 9.17) is 4.74 Å². The van der Waals surface area contributed by atoms with Crippen LogP contribution in [0, 0.1) is 5.92 Å². The molecule has 2 bridgehead atoms. The van der Waals surface area contributed by atoms with Gasteiger partial charge in [0.2, 0.25) is 5.91 Å². The normalized spacial score (nSPS) is 24.8. The summed E-state index contributed by atoms with van der Waals surface area (Å²) in [7, 11) is 0. The quantitative estimate of drug-likeness (QED) is 0.730. The number of nitrogens with zero attached hydrogens (tertiary/aromatic N) is 4. The minimum absolute atomic E-state index is 0. The predicted molar refractivity (Wildman–Crippen MR) is 102 cm³/mol. The van der Waals surface area contributed by atoms with E-state index in [0.29, 0.717) is 5.69 Å². The second-order valence-corrected chi connectivity index (χ2v) is 8.15. The molecular weight excluding hydrogens is 390 g/mol. The first-order valence-corrected chi connectivity index (χ1v) is 9.72. The van der Waals surface area contributed by atoms with E-state index >= 15 is 0 Å². The molecule has 4 amide bonds. The summed E-state index contributed by atoms with van der Waals surface area (Å²) in [5, 5.41) is 10.3. The molecule has 3 fully saturated rings. The fourth-order valence-electron chi connectivity index (χ4n) is 4.29. The Morgan fingerprint density at radius 1 is 1.23 bits per heavy atom. The molecule has 1 aliphatic carbocycles. The minimum Gasteiger partial charge on any atom is -0.486 e. The van der Waals surface area contributed by atoms with Gasteiger partial charge in [-0.25, -0.2) is 4.68 Å². The van der Waals surface area contributed by atoms with Gasteiger partial charge in [0.25, 0.3) is 17.7 Å². The molecule has 1 saturated carbocycles. The number of imide groups is 2. The molecule has 0 atom stereocenters. The Balaban J connectivity index is 0.00000231. The van der Waals surface area contributed by atoms with Crippen molar-refractivity contribution in [3.05, 3.63) is 41.2 Å². The third kappa shape index (κ3) is 2.42. The maximum absolute atomic E-state index is 13.2. The number of ether oxygens (including phenoxy) is 1. The third-order valence-electron chi connectivity index (χ3n) is 5.97. The van der Waals surface area contributed by atoms with Gasteiger partial charge in [0.1, 0.15) is 23.6 Å². The lowest BCUT2D eigenvalue weighted by molar-refractivity contribution is -0.158. The van der Waals surface area contributed by atoms with Gasteiger partial charge in [-0.2, -0.15) is 0 Å². The van der Waals surface area contributed by atoms with Crippen LogP contribution >= 0.6 is 0 Å². The lowest BCUT2D eigenvalue weighted by Gasteiger charge is -2.52. The summed E-state index contributed by atoms with van der Waals surface area (Å²) < 4.78 is 7.50. The highest BCUT2D eigenvalue weighted by Crippen LogP contribution is 2.49. The van der Waals surface area contributed by atoms with E-state index in [0.717, 1.165) is 4.90 Å². The van der Waals surface area contributed by atoms with Gasteiger partial charge in [-0.3, -0.25) is 29.4 Å². The molecule has 3 aliphatic heterocycles. The van der Waals surface area contributed by atoms with Crippen molar-refractivity contribution in [1.29, 1.82) is 0 Å². The molecule has 1 aromatic carbocycles. The molecule has 2 aromatic rings. The molecule has 6 rings (SSSR count). The number of rotatable bonds is 5. The van der Waals surface area contributed by atoms with Gasteiger partial charge in [-0.05, 0) is 38.8 Å². The van der Waals surface area contributed by atoms with Gasteiger partial charge in [0.15, 0.2) is 0 Å². The van der Waals surface area contributed by atoms with Gasteiger partial charge in [0, 0.05) is 13.4 Å². The maximum atomic E-state index is 13.2. The number of amides is 4. The molecule has 2 saturated heterocycles. The minimum atomic E-state index is -1.30. The first-order valence-electron chi connectivity index (χ1n) is 9.72. The lowest BCUT2D eigenvalue weighted by Crippen LogP contribution is -2.74. The molecule has 0 unspecified atom stereocenters. The Morgan fingerprint density at radius 2 is 2.00 bits per heavy atom. The monoisotopic (exact) mass is 411 g/mol. The van der Waals surface area contributed by atoms with Crippen molar-refractivity contribution in [2.75, 3.05) is 0 Å². The van der Waals surface area contributed by atoms with Gasteiger partial charge in [0.05, 0.1) is 17.3 Å². The van der Waals surface area contributed by atoms with Crippen LogP contribution in [0.2, 0.25) is 0 Å². The zero-order valence-corrected chi connectivity index (χ0v) is 16.4. The van der Waals surface area contributed by atoms with Gasteiger partial charge < -0.3 is 4.74 Å². The van der Waals surface area contributed by atoms with Crippen LogP contribution in [0.1, 0.15) is 60.6 Å². The fraction of sp³-hybridized carbons (Fsp3) is 0.400. The molecule has 10 nitrogen and oxygen atoms in total. The Morgan fingerprint density at radius 3 is 2.67 bits per heavy atom. The van der Waals surface area contributed by atoms with Crippen molar-refractivity contribution in [2.24, 2.45) is 5.92 Å². The van der Waals surface area contributed by atoms with Crippen LogP contribution in [0.3, 0.4) is 0 Å². The lowest BCUT2D eigenvalue weighted by atomic mass is 9.63. The first kappa shape index (κ1) is 18.5. The summed E-state index contributed by atoms with van der Waals surface area (Å²) in [5.74, 6) is -2.19. The molecule has 0 radical (unpaired) electrons. The number of benzene rings is 1. The number of hydrogen-bond donors (Lipinski definition) is 1. The molecule has 0 spiro atoms. The summed E-state index contributed by atoms with van der Waals surface area (Å²) >= 11 is 0. The van der Waals surface area contributed by atoms with Crippen LogP contribution in [0.15, 0.2) is 24.4 Å². The molecule has 10 heteroatoms. The Hall–Kier alpha value is -3.56. The summed E-state index contributed by atoms with van der Waals surface area (Å²) in [6, 6.07) is 4.92. The van der Waals surface area contributed by atoms with Crippen LogP contribution in [-0.2, 0) is 16.2 Å². The molecule has 4 aliphatic rings. The molecule has 1 N–H and O–H groups in total. The number of fused-ring (bicyclic) bond motifs is 3. The van der Waals surface area contributed by atoms with E-state index in [1.54, 1.807) is 23.0 Å². The van der Waals surface area contributed by atoms with E-state index in [2.05, 4.69) is 15.6 Å². The fourth-order valence-corrected chi connectivity index (χ4v) is 4.29. The largest absolute Gasteiger partial charge is 0.486 e. The molecule has 156 valence electrons. The van der Waals surface area contributed by atoms with Crippen molar-refractivity contribution >= 4 is 23.6 Å². The van der Waals surface area contributed by atoms with Crippen molar-refractivity contribution in [2.45, 2.75) is 44.9 Å². The highest BCUT2D eigenvalue weighted by atomic mass is 16.5. The summed E-state index contributed by atoms with van der Waals surface area (Å²) in [5.41, 5.74) is -0.407. The Kier molecular flexibility index (Phi) is 3.83. The van der Waals surface area contributed by atoms with Gasteiger partial charge >= 0.3 is 0 Å². The second-order valence-electron chi connectivity index (χ2n) is 8.15. The maximum Gasteiger partial charge on any atom is 0.266 e. The number of piperidine rings is 2. The zero-order chi connectivity index (χ0) is 21.2. The number of carbonyl (C=O) groups is 4. The predicted octanol–water partition coefficient (Wildman–Crippen LogP) is 1.09. The van der Waals surface area contributed by atoms with E-state index in [1.165, 1.54) is 6.07 Å². The average molecular weight is 411 g/mol. The second kappa shape index (κ2) is 6.22. The van der Waals surface area contributed by atoms with Gasteiger partial charge in [-0.15, -0.1) is 5.10 Å². The first-order chi connectivity index (χ1) is 14.3. The summed E-state index contributed by atoms with van der Waals surface area (Å²) in [6.45, 7) is 4.02. The number of hydrogen-bond acceptors (Lipinski definition) is 7. The number of carbonyl (C=O) groups excluding carboxylic acids is 4. The Labute approximate surface area is 172 Å². The van der Waals surface area contributed by atoms with Crippen molar-refractivity contribution in [3.63, 3.8) is 0 Å². The van der Waals surface area contributed by atoms with Crippen LogP contribution in [-0.4, -0.2) is 49.1 Å². The average Bonchev–Trinajstić information content (AvgIpc) is 3.24. The van der Waals surface area contributed by atoms with Gasteiger partial charge in [-0.1, -0.05) is 11.3 Å². The SMILES string of the molecule is CC(C)n1cc(COc2cccc3c2C(=O)N(C24CC(C2)C(=O)NC4=O)C3=O)nn1.[HH]. The molecular formula is C20H21N5O5. The van der Waals surface area contributed by atoms with E-state index in [9.17, 15) is 19.2 Å². The number of aromatic nitrogens is 3. The number of nitrogens with one attached hydrogen (secondary N) is 1. The van der Waals surface area contributed by atoms with E-state index < -0.39 is 23.3 Å². The van der Waals surface area contributed by atoms with Crippen LogP contribution in [0.4, 0.5) is 0 Å². The standard InChI is InChI=1S/C20H19N5O5.H2/c1-10(2)24-8-12(22-23-24)9-30-14-5-3-4-13-15(14)18(28)25(17(13)27)20-6-11(7-20)16(26)21-19(20)29;/h3-5,8,10-11H,6-7,9H2,1-2H3,(H,21,26,29);1H. The highest BCUT2D eigenvalue weighted by molar-refractivity contribution is 6.26. The summed E-state index contributed by atoms with van der Waals surface area (Å²) in [4.78, 5) is 51.5. The Bertz CT molecular complexity index is 1120. The van der Waals surface area contributed by atoms with E-state index in [1.807, 2.05) is 13.8 Å². The third-order valence-corrected chi connectivity index (χ3v) is 5.97. The molecule has 1 aromatic heterocycles. The van der Waals surface area contributed by atoms with Crippen molar-refractivity contribution in [1.82, 2.24) is 25.2 Å². The van der Waals surface area contributed by atoms with Crippen molar-refractivity contribution in [3.8, 4) is 5.75 Å². The summed E-state index contributed by atoms with van der Waals surface area (Å²) in [6.07, 6.45) is 2.08. The molecule has 30 heavy (non-hydrogen) atoms. The topological polar surface area (TPSA) is 123 Å². The van der Waals surface area contributed by atoms with E-state index in [-0.39, 0.29) is 55.6 Å². The smallest absolute Gasteiger partial charge is 0.266 e. The molecule has 4 heterocycles.